The third-order valence-electron chi connectivity index (χ3n) is 1.74. The summed E-state index contributed by atoms with van der Waals surface area (Å²) in [5.74, 6) is -0.524. The first kappa shape index (κ1) is 12.1. The molecular weight excluding hydrogens is 242 g/mol. The topological polar surface area (TPSA) is 100 Å². The van der Waals surface area contributed by atoms with Crippen molar-refractivity contribution in [3.05, 3.63) is 25.9 Å². The van der Waals surface area contributed by atoms with E-state index in [1.165, 1.54) is 6.07 Å². The molecule has 0 unspecified atom stereocenters. The molecule has 1 rings (SSSR count). The molecule has 0 aliphatic rings. The van der Waals surface area contributed by atoms with E-state index in [-0.39, 0.29) is 12.1 Å². The SMILES string of the molecule is Cc1sc(CCS(=O)(=O)[O-])cc1[N+](=O)[O-]. The summed E-state index contributed by atoms with van der Waals surface area (Å²) in [4.78, 5) is 11.0. The molecule has 15 heavy (non-hydrogen) atoms. The van der Waals surface area contributed by atoms with E-state index >= 15 is 0 Å². The lowest BCUT2D eigenvalue weighted by Gasteiger charge is -2.03. The first-order chi connectivity index (χ1) is 6.79. The van der Waals surface area contributed by atoms with Crippen LogP contribution in [-0.4, -0.2) is 23.6 Å². The summed E-state index contributed by atoms with van der Waals surface area (Å²) < 4.78 is 31.0. The Bertz CT molecular complexity index is 476. The molecule has 0 bridgehead atoms. The van der Waals surface area contributed by atoms with Gasteiger partial charge in [-0.3, -0.25) is 10.1 Å². The van der Waals surface area contributed by atoms with Gasteiger partial charge in [-0.05, 0) is 13.3 Å². The highest BCUT2D eigenvalue weighted by molar-refractivity contribution is 7.85. The Hall–Kier alpha value is -0.990. The highest BCUT2D eigenvalue weighted by atomic mass is 32.2. The minimum absolute atomic E-state index is 0.0294. The number of nitrogens with zero attached hydrogens (tertiary/aromatic N) is 1. The molecule has 0 atom stereocenters. The molecule has 0 amide bonds. The van der Waals surface area contributed by atoms with Gasteiger partial charge in [0.25, 0.3) is 5.69 Å². The average Bonchev–Trinajstić information content (AvgIpc) is 2.42. The maximum atomic E-state index is 10.5. The van der Waals surface area contributed by atoms with Gasteiger partial charge in [-0.2, -0.15) is 0 Å². The van der Waals surface area contributed by atoms with Crippen LogP contribution in [0.1, 0.15) is 9.75 Å². The summed E-state index contributed by atoms with van der Waals surface area (Å²) in [5, 5.41) is 10.5. The van der Waals surface area contributed by atoms with Crippen molar-refractivity contribution in [3.8, 4) is 0 Å². The first-order valence-electron chi connectivity index (χ1n) is 3.97. The summed E-state index contributed by atoms with van der Waals surface area (Å²) >= 11 is 1.14. The van der Waals surface area contributed by atoms with Crippen LogP contribution in [0.2, 0.25) is 0 Å². The van der Waals surface area contributed by atoms with E-state index in [0.29, 0.717) is 9.75 Å². The quantitative estimate of drug-likeness (QED) is 0.451. The van der Waals surface area contributed by atoms with E-state index < -0.39 is 20.8 Å². The van der Waals surface area contributed by atoms with Crippen LogP contribution >= 0.6 is 11.3 Å². The Labute approximate surface area is 90.4 Å². The van der Waals surface area contributed by atoms with Crippen LogP contribution in [0.5, 0.6) is 0 Å². The van der Waals surface area contributed by atoms with E-state index in [2.05, 4.69) is 0 Å². The third-order valence-corrected chi connectivity index (χ3v) is 3.54. The Morgan fingerprint density at radius 1 is 1.53 bits per heavy atom. The van der Waals surface area contributed by atoms with E-state index in [1.54, 1.807) is 6.92 Å². The Morgan fingerprint density at radius 3 is 2.53 bits per heavy atom. The van der Waals surface area contributed by atoms with Crippen LogP contribution in [0.4, 0.5) is 5.69 Å². The van der Waals surface area contributed by atoms with Crippen molar-refractivity contribution < 1.29 is 17.9 Å². The normalized spacial score (nSPS) is 11.6. The van der Waals surface area contributed by atoms with Gasteiger partial charge in [-0.25, -0.2) is 8.42 Å². The molecule has 84 valence electrons. The van der Waals surface area contributed by atoms with Crippen LogP contribution in [-0.2, 0) is 16.5 Å². The lowest BCUT2D eigenvalue weighted by Crippen LogP contribution is -2.05. The average molecular weight is 250 g/mol. The molecule has 0 fully saturated rings. The zero-order chi connectivity index (χ0) is 11.6. The zero-order valence-corrected chi connectivity index (χ0v) is 9.43. The largest absolute Gasteiger partial charge is 0.748 e. The number of rotatable bonds is 4. The second kappa shape index (κ2) is 4.25. The fourth-order valence-corrected chi connectivity index (χ4v) is 2.67. The summed E-state index contributed by atoms with van der Waals surface area (Å²) in [6, 6.07) is 1.31. The van der Waals surface area contributed by atoms with Crippen molar-refractivity contribution >= 4 is 27.1 Å². The monoisotopic (exact) mass is 250 g/mol. The molecule has 0 N–H and O–H groups in total. The van der Waals surface area contributed by atoms with Crippen molar-refractivity contribution in [2.75, 3.05) is 5.75 Å². The van der Waals surface area contributed by atoms with Gasteiger partial charge in [0.05, 0.1) is 19.9 Å². The predicted octanol–water partition coefficient (Wildman–Crippen LogP) is 1.05. The van der Waals surface area contributed by atoms with Crippen LogP contribution in [0.3, 0.4) is 0 Å². The fourth-order valence-electron chi connectivity index (χ4n) is 1.06. The summed E-state index contributed by atoms with van der Waals surface area (Å²) in [6.45, 7) is 1.58. The van der Waals surface area contributed by atoms with Gasteiger partial charge in [-0.15, -0.1) is 11.3 Å². The lowest BCUT2D eigenvalue weighted by molar-refractivity contribution is -0.385. The fraction of sp³-hybridized carbons (Fsp3) is 0.429. The smallest absolute Gasteiger partial charge is 0.283 e. The maximum Gasteiger partial charge on any atom is 0.283 e. The van der Waals surface area contributed by atoms with E-state index in [0.717, 1.165) is 11.3 Å². The van der Waals surface area contributed by atoms with Crippen molar-refractivity contribution in [2.24, 2.45) is 0 Å². The van der Waals surface area contributed by atoms with Crippen LogP contribution in [0, 0.1) is 17.0 Å². The minimum atomic E-state index is -4.26. The maximum absolute atomic E-state index is 10.5. The van der Waals surface area contributed by atoms with Gasteiger partial charge < -0.3 is 4.55 Å². The molecule has 0 saturated heterocycles. The van der Waals surface area contributed by atoms with Crippen LogP contribution in [0.25, 0.3) is 0 Å². The molecule has 0 spiro atoms. The summed E-state index contributed by atoms with van der Waals surface area (Å²) in [7, 11) is -4.26. The van der Waals surface area contributed by atoms with Gasteiger partial charge in [0.15, 0.2) is 0 Å². The van der Waals surface area contributed by atoms with Crippen LogP contribution < -0.4 is 0 Å². The molecule has 6 nitrogen and oxygen atoms in total. The molecule has 1 aromatic rings. The standard InChI is InChI=1S/C7H9NO5S2/c1-5-7(8(9)10)4-6(14-5)2-3-15(11,12)13/h4H,2-3H2,1H3,(H,11,12,13)/p-1. The molecule has 1 aromatic heterocycles. The number of thiophene rings is 1. The Balaban J connectivity index is 2.81. The zero-order valence-electron chi connectivity index (χ0n) is 7.80. The molecule has 0 aromatic carbocycles. The molecule has 8 heteroatoms. The first-order valence-corrected chi connectivity index (χ1v) is 6.36. The van der Waals surface area contributed by atoms with Gasteiger partial charge in [-0.1, -0.05) is 0 Å². The van der Waals surface area contributed by atoms with Crippen molar-refractivity contribution in [1.29, 1.82) is 0 Å². The minimum Gasteiger partial charge on any atom is -0.748 e. The Morgan fingerprint density at radius 2 is 2.13 bits per heavy atom. The predicted molar refractivity (Wildman–Crippen MR) is 54.0 cm³/mol. The van der Waals surface area contributed by atoms with E-state index in [9.17, 15) is 23.1 Å². The Kier molecular flexibility index (Phi) is 3.42. The van der Waals surface area contributed by atoms with Crippen molar-refractivity contribution in [1.82, 2.24) is 0 Å². The number of hydrogen-bond donors (Lipinski definition) is 0. The number of aryl methyl sites for hydroxylation is 2. The van der Waals surface area contributed by atoms with Gasteiger partial charge >= 0.3 is 0 Å². The molecule has 1 heterocycles. The highest BCUT2D eigenvalue weighted by Gasteiger charge is 2.15. The van der Waals surface area contributed by atoms with Crippen molar-refractivity contribution in [2.45, 2.75) is 13.3 Å². The molecule has 0 aliphatic carbocycles. The molecule has 0 aliphatic heterocycles. The van der Waals surface area contributed by atoms with Crippen LogP contribution in [0.15, 0.2) is 6.07 Å². The second-order valence-corrected chi connectivity index (χ2v) is 5.79. The summed E-state index contributed by atoms with van der Waals surface area (Å²) in [5.41, 5.74) is -0.0294. The second-order valence-electron chi connectivity index (χ2n) is 2.92. The number of nitro groups is 1. The summed E-state index contributed by atoms with van der Waals surface area (Å²) in [6.07, 6.45) is 0.0329. The van der Waals surface area contributed by atoms with Gasteiger partial charge in [0.2, 0.25) is 0 Å². The molecular formula is C7H8NO5S2-. The number of hydrogen-bond acceptors (Lipinski definition) is 6. The molecule has 0 radical (unpaired) electrons. The van der Waals surface area contributed by atoms with Gasteiger partial charge in [0, 0.05) is 16.7 Å². The van der Waals surface area contributed by atoms with E-state index in [1.807, 2.05) is 0 Å². The van der Waals surface area contributed by atoms with Crippen molar-refractivity contribution in [3.63, 3.8) is 0 Å². The van der Waals surface area contributed by atoms with E-state index in [4.69, 9.17) is 0 Å². The lowest BCUT2D eigenvalue weighted by atomic mass is 10.3. The highest BCUT2D eigenvalue weighted by Crippen LogP contribution is 2.28. The third kappa shape index (κ3) is 3.57. The van der Waals surface area contributed by atoms with Gasteiger partial charge in [0.1, 0.15) is 0 Å². The molecule has 0 saturated carbocycles.